The van der Waals surface area contributed by atoms with Crippen LogP contribution in [0.5, 0.6) is 0 Å². The van der Waals surface area contributed by atoms with Crippen LogP contribution in [0.3, 0.4) is 0 Å². The average molecular weight is 330 g/mol. The Morgan fingerprint density at radius 2 is 2.11 bits per heavy atom. The standard InChI is InChI=1S/C12H7BrClFN2O/c13-8-6-7(4-5-9(8)14)16-12(18)10-2-1-3-11(15)17-10/h1-6H,(H,16,18). The summed E-state index contributed by atoms with van der Waals surface area (Å²) in [5.74, 6) is -1.18. The SMILES string of the molecule is O=C(Nc1ccc(Cl)c(Br)c1)c1cccc(F)n1. The molecule has 0 aliphatic rings. The van der Waals surface area contributed by atoms with E-state index in [0.29, 0.717) is 15.2 Å². The number of rotatable bonds is 2. The van der Waals surface area contributed by atoms with Gasteiger partial charge < -0.3 is 5.32 Å². The smallest absolute Gasteiger partial charge is 0.274 e. The van der Waals surface area contributed by atoms with Crippen LogP contribution in [0.25, 0.3) is 0 Å². The Hall–Kier alpha value is -1.46. The summed E-state index contributed by atoms with van der Waals surface area (Å²) in [5, 5.41) is 3.14. The van der Waals surface area contributed by atoms with Crippen molar-refractivity contribution in [2.45, 2.75) is 0 Å². The Bertz CT molecular complexity index is 606. The number of hydrogen-bond donors (Lipinski definition) is 1. The first-order valence-corrected chi connectivity index (χ1v) is 6.12. The van der Waals surface area contributed by atoms with Gasteiger partial charge in [-0.1, -0.05) is 17.7 Å². The van der Waals surface area contributed by atoms with Crippen LogP contribution in [-0.2, 0) is 0 Å². The number of pyridine rings is 1. The van der Waals surface area contributed by atoms with Crippen LogP contribution in [0.1, 0.15) is 10.5 Å². The minimum absolute atomic E-state index is 0.0149. The van der Waals surface area contributed by atoms with Crippen molar-refractivity contribution in [1.82, 2.24) is 4.98 Å². The van der Waals surface area contributed by atoms with Gasteiger partial charge in [0.2, 0.25) is 5.95 Å². The Kier molecular flexibility index (Phi) is 3.93. The second kappa shape index (κ2) is 5.46. The third kappa shape index (κ3) is 3.05. The second-order valence-electron chi connectivity index (χ2n) is 3.43. The van der Waals surface area contributed by atoms with Gasteiger partial charge in [-0.25, -0.2) is 4.98 Å². The molecule has 0 saturated heterocycles. The highest BCUT2D eigenvalue weighted by atomic mass is 79.9. The molecule has 18 heavy (non-hydrogen) atoms. The molecule has 0 aliphatic heterocycles. The van der Waals surface area contributed by atoms with E-state index in [1.165, 1.54) is 18.2 Å². The number of nitrogens with zero attached hydrogens (tertiary/aromatic N) is 1. The molecule has 0 saturated carbocycles. The zero-order valence-electron chi connectivity index (χ0n) is 8.95. The Morgan fingerprint density at radius 1 is 1.33 bits per heavy atom. The van der Waals surface area contributed by atoms with Crippen LogP contribution in [0.15, 0.2) is 40.9 Å². The van der Waals surface area contributed by atoms with E-state index in [2.05, 4.69) is 26.2 Å². The summed E-state index contributed by atoms with van der Waals surface area (Å²) < 4.78 is 13.5. The Balaban J connectivity index is 2.18. The Labute approximate surface area is 116 Å². The predicted molar refractivity (Wildman–Crippen MR) is 71.3 cm³/mol. The molecule has 2 rings (SSSR count). The number of benzene rings is 1. The van der Waals surface area contributed by atoms with Gasteiger partial charge in [0.25, 0.3) is 5.91 Å². The highest BCUT2D eigenvalue weighted by Crippen LogP contribution is 2.25. The molecule has 0 spiro atoms. The number of aromatic nitrogens is 1. The third-order valence-corrected chi connectivity index (χ3v) is 3.34. The highest BCUT2D eigenvalue weighted by Gasteiger charge is 2.09. The molecule has 1 N–H and O–H groups in total. The van der Waals surface area contributed by atoms with Crippen LogP contribution in [0.4, 0.5) is 10.1 Å². The lowest BCUT2D eigenvalue weighted by atomic mass is 10.3. The molecule has 6 heteroatoms. The molecule has 0 aliphatic carbocycles. The first-order chi connectivity index (χ1) is 8.56. The number of halogens is 3. The molecule has 0 bridgehead atoms. The van der Waals surface area contributed by atoms with Crippen molar-refractivity contribution in [1.29, 1.82) is 0 Å². The molecule has 0 radical (unpaired) electrons. The van der Waals surface area contributed by atoms with E-state index in [4.69, 9.17) is 11.6 Å². The van der Waals surface area contributed by atoms with Crippen LogP contribution < -0.4 is 5.32 Å². The minimum Gasteiger partial charge on any atom is -0.321 e. The zero-order chi connectivity index (χ0) is 13.1. The van der Waals surface area contributed by atoms with Crippen molar-refractivity contribution < 1.29 is 9.18 Å². The van der Waals surface area contributed by atoms with Crippen LogP contribution >= 0.6 is 27.5 Å². The first kappa shape index (κ1) is 13.0. The number of carbonyl (C=O) groups excluding carboxylic acids is 1. The summed E-state index contributed by atoms with van der Waals surface area (Å²) in [7, 11) is 0. The summed E-state index contributed by atoms with van der Waals surface area (Å²) in [6.07, 6.45) is 0. The molecule has 0 atom stereocenters. The topological polar surface area (TPSA) is 42.0 Å². The highest BCUT2D eigenvalue weighted by molar-refractivity contribution is 9.10. The van der Waals surface area contributed by atoms with Crippen molar-refractivity contribution in [3.63, 3.8) is 0 Å². The number of carbonyl (C=O) groups is 1. The van der Waals surface area contributed by atoms with E-state index in [1.807, 2.05) is 0 Å². The van der Waals surface area contributed by atoms with Crippen molar-refractivity contribution >= 4 is 39.1 Å². The Morgan fingerprint density at radius 3 is 2.78 bits per heavy atom. The van der Waals surface area contributed by atoms with Crippen LogP contribution in [0.2, 0.25) is 5.02 Å². The number of nitrogens with one attached hydrogen (secondary N) is 1. The maximum atomic E-state index is 12.9. The van der Waals surface area contributed by atoms with Gasteiger partial charge in [0, 0.05) is 10.2 Å². The maximum Gasteiger partial charge on any atom is 0.274 e. The molecule has 2 aromatic rings. The molecule has 1 amide bonds. The summed E-state index contributed by atoms with van der Waals surface area (Å²) in [6, 6.07) is 8.97. The van der Waals surface area contributed by atoms with Crippen LogP contribution in [-0.4, -0.2) is 10.9 Å². The van der Waals surface area contributed by atoms with Gasteiger partial charge >= 0.3 is 0 Å². The van der Waals surface area contributed by atoms with Gasteiger partial charge in [0.15, 0.2) is 0 Å². The maximum absolute atomic E-state index is 12.9. The summed E-state index contributed by atoms with van der Waals surface area (Å²) >= 11 is 9.08. The van der Waals surface area contributed by atoms with Crippen molar-refractivity contribution in [3.05, 3.63) is 57.5 Å². The van der Waals surface area contributed by atoms with Crippen molar-refractivity contribution in [2.75, 3.05) is 5.32 Å². The van der Waals surface area contributed by atoms with E-state index < -0.39 is 11.9 Å². The molecule has 1 heterocycles. The second-order valence-corrected chi connectivity index (χ2v) is 4.69. The normalized spacial score (nSPS) is 10.2. The van der Waals surface area contributed by atoms with Crippen LogP contribution in [0, 0.1) is 5.95 Å². The number of amides is 1. The predicted octanol–water partition coefficient (Wildman–Crippen LogP) is 3.89. The summed E-state index contributed by atoms with van der Waals surface area (Å²) in [4.78, 5) is 15.3. The van der Waals surface area contributed by atoms with Gasteiger partial charge in [-0.15, -0.1) is 0 Å². The largest absolute Gasteiger partial charge is 0.321 e. The minimum atomic E-state index is -0.695. The molecule has 0 fully saturated rings. The van der Waals surface area contributed by atoms with E-state index in [-0.39, 0.29) is 5.69 Å². The molecule has 3 nitrogen and oxygen atoms in total. The molecular formula is C12H7BrClFN2O. The van der Waals surface area contributed by atoms with Crippen molar-refractivity contribution in [2.24, 2.45) is 0 Å². The third-order valence-electron chi connectivity index (χ3n) is 2.13. The number of anilines is 1. The quantitative estimate of drug-likeness (QED) is 0.849. The fraction of sp³-hybridized carbons (Fsp3) is 0. The fourth-order valence-corrected chi connectivity index (χ4v) is 1.80. The van der Waals surface area contributed by atoms with Crippen molar-refractivity contribution in [3.8, 4) is 0 Å². The molecular weight excluding hydrogens is 322 g/mol. The first-order valence-electron chi connectivity index (χ1n) is 4.95. The monoisotopic (exact) mass is 328 g/mol. The van der Waals surface area contributed by atoms with Gasteiger partial charge in [-0.3, -0.25) is 4.79 Å². The lowest BCUT2D eigenvalue weighted by Gasteiger charge is -2.05. The average Bonchev–Trinajstić information content (AvgIpc) is 2.34. The van der Waals surface area contributed by atoms with Gasteiger partial charge in [-0.2, -0.15) is 4.39 Å². The summed E-state index contributed by atoms with van der Waals surface area (Å²) in [6.45, 7) is 0. The molecule has 1 aromatic carbocycles. The van der Waals surface area contributed by atoms with E-state index in [9.17, 15) is 9.18 Å². The lowest BCUT2D eigenvalue weighted by Crippen LogP contribution is -2.14. The van der Waals surface area contributed by atoms with Gasteiger partial charge in [0.05, 0.1) is 5.02 Å². The molecule has 0 unspecified atom stereocenters. The molecule has 92 valence electrons. The summed E-state index contributed by atoms with van der Waals surface area (Å²) in [5.41, 5.74) is 0.559. The lowest BCUT2D eigenvalue weighted by molar-refractivity contribution is 0.102. The van der Waals surface area contributed by atoms with E-state index in [0.717, 1.165) is 0 Å². The fourth-order valence-electron chi connectivity index (χ4n) is 1.30. The van der Waals surface area contributed by atoms with E-state index in [1.54, 1.807) is 18.2 Å². The number of hydrogen-bond acceptors (Lipinski definition) is 2. The van der Waals surface area contributed by atoms with E-state index >= 15 is 0 Å². The zero-order valence-corrected chi connectivity index (χ0v) is 11.3. The van der Waals surface area contributed by atoms with Gasteiger partial charge in [-0.05, 0) is 46.3 Å². The van der Waals surface area contributed by atoms with Gasteiger partial charge in [0.1, 0.15) is 5.69 Å². The molecule has 1 aromatic heterocycles.